The number of aliphatic carboxylic acids is 1. The highest BCUT2D eigenvalue weighted by Crippen LogP contribution is 2.44. The molecule has 37 heavy (non-hydrogen) atoms. The maximum absolute atomic E-state index is 13.6. The number of carboxylic acid groups (broad SMARTS) is 1. The summed E-state index contributed by atoms with van der Waals surface area (Å²) in [4.78, 5) is 43.1. The highest BCUT2D eigenvalue weighted by atomic mass is 16.6. The number of rotatable bonds is 12. The van der Waals surface area contributed by atoms with Gasteiger partial charge >= 0.3 is 11.9 Å². The first-order valence-corrected chi connectivity index (χ1v) is 12.9. The third-order valence-corrected chi connectivity index (χ3v) is 6.79. The molecule has 1 fully saturated rings. The zero-order valence-corrected chi connectivity index (χ0v) is 22.2. The summed E-state index contributed by atoms with van der Waals surface area (Å²) in [7, 11) is 1.57. The number of esters is 1. The Hall–Kier alpha value is -3.20. The van der Waals surface area contributed by atoms with Crippen molar-refractivity contribution in [3.05, 3.63) is 42.9 Å². The second-order valence-electron chi connectivity index (χ2n) is 10.9. The van der Waals surface area contributed by atoms with E-state index in [0.717, 1.165) is 24.1 Å². The summed E-state index contributed by atoms with van der Waals surface area (Å²) in [5, 5.41) is 12.7. The first kappa shape index (κ1) is 28.4. The fraction of sp³-hybridized carbons (Fsp3) is 0.571. The third kappa shape index (κ3) is 7.89. The zero-order valence-electron chi connectivity index (χ0n) is 22.2. The van der Waals surface area contributed by atoms with Crippen LogP contribution in [-0.4, -0.2) is 57.9 Å². The van der Waals surface area contributed by atoms with Gasteiger partial charge in [-0.15, -0.1) is 0 Å². The Morgan fingerprint density at radius 3 is 2.43 bits per heavy atom. The van der Waals surface area contributed by atoms with E-state index in [2.05, 4.69) is 10.3 Å². The van der Waals surface area contributed by atoms with E-state index in [0.29, 0.717) is 32.3 Å². The Morgan fingerprint density at radius 2 is 1.84 bits per heavy atom. The van der Waals surface area contributed by atoms with Gasteiger partial charge in [0, 0.05) is 25.5 Å². The minimum atomic E-state index is -1.14. The lowest BCUT2D eigenvalue weighted by Crippen LogP contribution is -2.50. The monoisotopic (exact) mass is 513 g/mol. The van der Waals surface area contributed by atoms with Crippen LogP contribution in [0.15, 0.2) is 42.9 Å². The van der Waals surface area contributed by atoms with Crippen LogP contribution in [0, 0.1) is 11.3 Å². The van der Waals surface area contributed by atoms with Crippen molar-refractivity contribution in [2.45, 2.75) is 77.5 Å². The van der Waals surface area contributed by atoms with Crippen LogP contribution < -0.4 is 5.32 Å². The molecule has 2 atom stereocenters. The van der Waals surface area contributed by atoms with Gasteiger partial charge in [-0.2, -0.15) is 0 Å². The summed E-state index contributed by atoms with van der Waals surface area (Å²) in [5.74, 6) is -2.33. The summed E-state index contributed by atoms with van der Waals surface area (Å²) >= 11 is 0. The highest BCUT2D eigenvalue weighted by molar-refractivity contribution is 5.88. The van der Waals surface area contributed by atoms with Crippen LogP contribution in [-0.2, 0) is 30.4 Å². The number of nitrogens with one attached hydrogen (secondary N) is 1. The quantitative estimate of drug-likeness (QED) is 0.411. The zero-order chi connectivity index (χ0) is 27.1. The predicted octanol–water partition coefficient (Wildman–Crippen LogP) is 4.06. The molecule has 1 aliphatic rings. The van der Waals surface area contributed by atoms with Crippen molar-refractivity contribution < 1.29 is 29.0 Å². The van der Waals surface area contributed by atoms with Crippen molar-refractivity contribution in [3.63, 3.8) is 0 Å². The summed E-state index contributed by atoms with van der Waals surface area (Å²) in [6, 6.07) is 8.45. The van der Waals surface area contributed by atoms with Crippen molar-refractivity contribution in [2.75, 3.05) is 13.7 Å². The van der Waals surface area contributed by atoms with E-state index >= 15 is 0 Å². The molecule has 1 heterocycles. The number of carboxylic acids is 1. The molecule has 202 valence electrons. The molecule has 2 N–H and O–H groups in total. The summed E-state index contributed by atoms with van der Waals surface area (Å²) in [5.41, 5.74) is 0.173. The second kappa shape index (κ2) is 12.4. The lowest BCUT2D eigenvalue weighted by molar-refractivity contribution is -0.162. The normalized spacial score (nSPS) is 16.6. The lowest BCUT2D eigenvalue weighted by Gasteiger charge is -2.33. The molecule has 0 radical (unpaired) electrons. The fourth-order valence-electron chi connectivity index (χ4n) is 4.92. The molecule has 1 aromatic carbocycles. The largest absolute Gasteiger partial charge is 0.480 e. The van der Waals surface area contributed by atoms with E-state index in [4.69, 9.17) is 9.47 Å². The van der Waals surface area contributed by atoms with Crippen LogP contribution in [0.2, 0.25) is 0 Å². The summed E-state index contributed by atoms with van der Waals surface area (Å²) in [6.07, 6.45) is 6.95. The molecule has 0 aliphatic heterocycles. The molecule has 9 nitrogen and oxygen atoms in total. The number of imidazole rings is 1. The van der Waals surface area contributed by atoms with Gasteiger partial charge < -0.3 is 24.5 Å². The van der Waals surface area contributed by atoms with Gasteiger partial charge in [-0.1, -0.05) is 43.2 Å². The average Bonchev–Trinajstić information content (AvgIpc) is 3.51. The minimum absolute atomic E-state index is 0.0379. The van der Waals surface area contributed by atoms with E-state index < -0.39 is 28.9 Å². The van der Waals surface area contributed by atoms with E-state index in [1.165, 1.54) is 0 Å². The lowest BCUT2D eigenvalue weighted by atomic mass is 9.75. The first-order valence-electron chi connectivity index (χ1n) is 12.9. The molecular formula is C28H39N3O6. The van der Waals surface area contributed by atoms with Gasteiger partial charge in [0.25, 0.3) is 0 Å². The van der Waals surface area contributed by atoms with Gasteiger partial charge in [-0.25, -0.2) is 9.78 Å². The molecule has 0 bridgehead atoms. The number of nitrogens with zero attached hydrogens (tertiary/aromatic N) is 2. The molecule has 2 aromatic rings. The number of benzene rings is 1. The Bertz CT molecular complexity index is 1050. The fourth-order valence-corrected chi connectivity index (χ4v) is 4.92. The Morgan fingerprint density at radius 1 is 1.16 bits per heavy atom. The molecule has 0 saturated heterocycles. The highest BCUT2D eigenvalue weighted by Gasteiger charge is 2.45. The molecule has 0 unspecified atom stereocenters. The van der Waals surface area contributed by atoms with Gasteiger partial charge in [-0.3, -0.25) is 9.59 Å². The Kier molecular flexibility index (Phi) is 9.48. The Balaban J connectivity index is 1.75. The smallest absolute Gasteiger partial charge is 0.328 e. The predicted molar refractivity (Wildman–Crippen MR) is 139 cm³/mol. The van der Waals surface area contributed by atoms with Crippen LogP contribution in [0.4, 0.5) is 0 Å². The molecule has 1 amide bonds. The maximum atomic E-state index is 13.6. The number of carbonyl (C=O) groups excluding carboxylic acids is 2. The molecule has 1 aliphatic carbocycles. The van der Waals surface area contributed by atoms with Crippen LogP contribution in [0.1, 0.15) is 59.3 Å². The van der Waals surface area contributed by atoms with Crippen molar-refractivity contribution in [3.8, 4) is 11.3 Å². The van der Waals surface area contributed by atoms with E-state index in [1.807, 2.05) is 51.1 Å². The molecule has 0 spiro atoms. The molecule has 9 heteroatoms. The molecule has 1 aromatic heterocycles. The first-order chi connectivity index (χ1) is 17.5. The number of ether oxygens (including phenoxy) is 2. The van der Waals surface area contributed by atoms with Crippen LogP contribution in [0.3, 0.4) is 0 Å². The van der Waals surface area contributed by atoms with Crippen molar-refractivity contribution in [1.29, 1.82) is 0 Å². The third-order valence-electron chi connectivity index (χ3n) is 6.79. The number of carbonyl (C=O) groups is 3. The standard InChI is InChI=1S/C28H39N3O6/c1-27(2,3)37-25(34)21(12-15-36-4)16-28(13-8-9-14-28)26(35)30-23(24(32)33)18-31-17-22(29-19-31)20-10-6-5-7-11-20/h5-7,10-11,17,19,21,23H,8-9,12-16,18H2,1-4H3,(H,30,35)(H,32,33)/t21-,23+/m1/s1. The topological polar surface area (TPSA) is 120 Å². The van der Waals surface area contributed by atoms with Gasteiger partial charge in [0.05, 0.1) is 29.9 Å². The number of aromatic nitrogens is 2. The van der Waals surface area contributed by atoms with Crippen molar-refractivity contribution >= 4 is 17.8 Å². The maximum Gasteiger partial charge on any atom is 0.328 e. The van der Waals surface area contributed by atoms with E-state index in [9.17, 15) is 19.5 Å². The molecule has 3 rings (SSSR count). The van der Waals surface area contributed by atoms with Crippen molar-refractivity contribution in [1.82, 2.24) is 14.9 Å². The SMILES string of the molecule is COCC[C@H](CC1(C(=O)N[C@@H](Cn2cnc(-c3ccccc3)c2)C(=O)O)CCCC1)C(=O)OC(C)(C)C. The van der Waals surface area contributed by atoms with Gasteiger partial charge in [0.2, 0.25) is 5.91 Å². The van der Waals surface area contributed by atoms with E-state index in [-0.39, 0.29) is 18.4 Å². The van der Waals surface area contributed by atoms with E-state index in [1.54, 1.807) is 24.2 Å². The number of amides is 1. The average molecular weight is 514 g/mol. The van der Waals surface area contributed by atoms with Crippen LogP contribution >= 0.6 is 0 Å². The Labute approximate surface area is 218 Å². The van der Waals surface area contributed by atoms with Crippen LogP contribution in [0.5, 0.6) is 0 Å². The van der Waals surface area contributed by atoms with Crippen LogP contribution in [0.25, 0.3) is 11.3 Å². The number of hydrogen-bond donors (Lipinski definition) is 2. The summed E-state index contributed by atoms with van der Waals surface area (Å²) in [6.45, 7) is 5.84. The van der Waals surface area contributed by atoms with Gasteiger partial charge in [-0.05, 0) is 46.5 Å². The van der Waals surface area contributed by atoms with Gasteiger partial charge in [0.15, 0.2) is 0 Å². The van der Waals surface area contributed by atoms with Crippen molar-refractivity contribution in [2.24, 2.45) is 11.3 Å². The number of hydrogen-bond acceptors (Lipinski definition) is 6. The molecule has 1 saturated carbocycles. The second-order valence-corrected chi connectivity index (χ2v) is 10.9. The summed E-state index contributed by atoms with van der Waals surface area (Å²) < 4.78 is 12.5. The number of methoxy groups -OCH3 is 1. The van der Waals surface area contributed by atoms with Gasteiger partial charge in [0.1, 0.15) is 11.6 Å². The minimum Gasteiger partial charge on any atom is -0.480 e. The molecular weight excluding hydrogens is 474 g/mol.